The number of hydrazine groups is 1. The van der Waals surface area contributed by atoms with Gasteiger partial charge in [-0.3, -0.25) is 39.1 Å². The monoisotopic (exact) mass is 1030 g/mol. The van der Waals surface area contributed by atoms with E-state index < -0.39 is 83.4 Å². The normalized spacial score (nSPS) is 16.0. The molecule has 1 aromatic rings. The van der Waals surface area contributed by atoms with E-state index in [1.165, 1.54) is 29.5 Å². The summed E-state index contributed by atoms with van der Waals surface area (Å²) in [6, 6.07) is 1.31. The summed E-state index contributed by atoms with van der Waals surface area (Å²) >= 11 is 0. The number of nitrogens with zero attached hydrogens (tertiary/aromatic N) is 2. The molecule has 2 unspecified atom stereocenters. The fourth-order valence-electron chi connectivity index (χ4n) is 8.88. The van der Waals surface area contributed by atoms with Crippen LogP contribution in [0.15, 0.2) is 35.4 Å². The fourth-order valence-corrected chi connectivity index (χ4v) is 8.88. The van der Waals surface area contributed by atoms with Crippen LogP contribution in [-0.2, 0) is 44.8 Å². The van der Waals surface area contributed by atoms with E-state index in [9.17, 15) is 38.4 Å². The van der Waals surface area contributed by atoms with Gasteiger partial charge in [0.05, 0.1) is 18.6 Å². The van der Waals surface area contributed by atoms with Crippen LogP contribution in [0, 0.1) is 35.0 Å². The second-order valence-corrected chi connectivity index (χ2v) is 20.6. The van der Waals surface area contributed by atoms with Crippen molar-refractivity contribution >= 4 is 53.3 Å². The Labute approximate surface area is 435 Å². The van der Waals surface area contributed by atoms with Gasteiger partial charge in [0.25, 0.3) is 0 Å². The van der Waals surface area contributed by atoms with Gasteiger partial charge < -0.3 is 47.1 Å². The minimum absolute atomic E-state index is 0.0728. The van der Waals surface area contributed by atoms with Gasteiger partial charge in [-0.15, -0.1) is 0 Å². The molecule has 1 aromatic carbocycles. The number of hydrogen-bond acceptors (Lipinski definition) is 11. The zero-order valence-electron chi connectivity index (χ0n) is 46.9. The predicted molar refractivity (Wildman–Crippen MR) is 284 cm³/mol. The van der Waals surface area contributed by atoms with Gasteiger partial charge in [-0.05, 0) is 86.3 Å². The Kier molecular flexibility index (Phi) is 27.8. The van der Waals surface area contributed by atoms with Crippen molar-refractivity contribution in [2.75, 3.05) is 33.1 Å². The lowest BCUT2D eigenvalue weighted by Crippen LogP contribution is -2.60. The third-order valence-electron chi connectivity index (χ3n) is 14.5. The average molecular weight is 1030 g/mol. The van der Waals surface area contributed by atoms with Crippen molar-refractivity contribution < 1.29 is 47.8 Å². The highest BCUT2D eigenvalue weighted by molar-refractivity contribution is 5.98. The van der Waals surface area contributed by atoms with Crippen LogP contribution < -0.4 is 43.6 Å². The quantitative estimate of drug-likeness (QED) is 0.0261. The van der Waals surface area contributed by atoms with E-state index in [0.717, 1.165) is 18.4 Å². The lowest BCUT2D eigenvalue weighted by Gasteiger charge is -2.40. The van der Waals surface area contributed by atoms with E-state index in [1.54, 1.807) is 59.0 Å². The number of nitrogens with one attached hydrogen (secondary N) is 6. The molecule has 0 spiro atoms. The lowest BCUT2D eigenvalue weighted by molar-refractivity contribution is -0.144. The molecule has 0 fully saturated rings. The topological polar surface area (TPSA) is 286 Å². The van der Waals surface area contributed by atoms with Crippen LogP contribution in [0.2, 0.25) is 0 Å². The largest absolute Gasteiger partial charge is 0.445 e. The molecule has 0 aliphatic rings. The smallest absolute Gasteiger partial charge is 0.410 e. The summed E-state index contributed by atoms with van der Waals surface area (Å²) in [6.07, 6.45) is 1.18. The van der Waals surface area contributed by atoms with Gasteiger partial charge in [-0.1, -0.05) is 113 Å². The van der Waals surface area contributed by atoms with Gasteiger partial charge in [0.15, 0.2) is 0 Å². The average Bonchev–Trinajstić information content (AvgIpc) is 3.33. The molecule has 0 aliphatic heterocycles. The van der Waals surface area contributed by atoms with Crippen molar-refractivity contribution in [1.82, 2.24) is 36.6 Å². The first-order valence-electron chi connectivity index (χ1n) is 25.8. The van der Waals surface area contributed by atoms with E-state index in [2.05, 4.69) is 59.8 Å². The summed E-state index contributed by atoms with van der Waals surface area (Å²) < 4.78 is 11.3. The molecule has 73 heavy (non-hydrogen) atoms. The van der Waals surface area contributed by atoms with Crippen molar-refractivity contribution in [3.63, 3.8) is 0 Å². The van der Waals surface area contributed by atoms with Gasteiger partial charge >= 0.3 is 12.1 Å². The number of nitrogens with two attached hydrogens (primary N) is 2. The minimum atomic E-state index is -1.05. The van der Waals surface area contributed by atoms with Crippen LogP contribution >= 0.6 is 0 Å². The van der Waals surface area contributed by atoms with Gasteiger partial charge in [-0.2, -0.15) is 0 Å². The summed E-state index contributed by atoms with van der Waals surface area (Å²) in [5.41, 5.74) is 19.4. The molecular formula is C53H92N10O10. The highest BCUT2D eigenvalue weighted by Gasteiger charge is 2.40. The molecule has 0 radical (unpaired) electrons. The molecule has 0 saturated carbocycles. The number of benzene rings is 1. The lowest BCUT2D eigenvalue weighted by atomic mass is 9.69. The fraction of sp³-hybridized carbons (Fsp3) is 0.698. The molecule has 0 heterocycles. The number of allylic oxidation sites excluding steroid dienone is 2. The molecular weight excluding hydrogens is 937 g/mol. The maximum atomic E-state index is 14.1. The Balaban J connectivity index is 3.19. The highest BCUT2D eigenvalue weighted by Crippen LogP contribution is 2.40. The number of anilines is 1. The SMILES string of the molecule is CC/C(C)=C(/C)C(C)(CC)C(C)C(=O)NN[C@H](C(=O)N[C@@H](CCCNC(N)=O)C(=O)Nc1ccc(COC(=O)N(C)[C@H](C(=O)N[C@H](C(=O)N(C)[C@@H]([C@@H](C)CC)[C@@H](CC(N)=O)OC)C(C)C)C(C)C)cc1)C(C)C. The summed E-state index contributed by atoms with van der Waals surface area (Å²) in [5, 5.41) is 11.0. The Morgan fingerprint density at radius 2 is 1.34 bits per heavy atom. The number of carbonyl (C=O) groups excluding carboxylic acids is 8. The number of methoxy groups -OCH3 is 1. The molecule has 0 aliphatic carbocycles. The number of carbonyl (C=O) groups is 8. The first kappa shape index (κ1) is 65.3. The zero-order valence-corrected chi connectivity index (χ0v) is 46.9. The molecule has 0 aromatic heterocycles. The Bertz CT molecular complexity index is 2030. The summed E-state index contributed by atoms with van der Waals surface area (Å²) in [4.78, 5) is 109. The molecule has 0 bridgehead atoms. The molecule has 414 valence electrons. The molecule has 20 heteroatoms. The molecule has 10 N–H and O–H groups in total. The number of primary amides is 2. The van der Waals surface area contributed by atoms with E-state index >= 15 is 0 Å². The van der Waals surface area contributed by atoms with Gasteiger partial charge in [0.1, 0.15) is 30.8 Å². The number of hydrogen-bond donors (Lipinski definition) is 8. The van der Waals surface area contributed by atoms with Crippen LogP contribution in [0.3, 0.4) is 0 Å². The molecule has 20 nitrogen and oxygen atoms in total. The number of rotatable bonds is 31. The molecule has 9 amide bonds. The second-order valence-electron chi connectivity index (χ2n) is 20.6. The Hall–Kier alpha value is -5.76. The van der Waals surface area contributed by atoms with Crippen molar-refractivity contribution in [3.05, 3.63) is 41.0 Å². The van der Waals surface area contributed by atoms with E-state index in [0.29, 0.717) is 24.1 Å². The molecule has 0 saturated heterocycles. The number of amides is 9. The van der Waals surface area contributed by atoms with E-state index in [-0.39, 0.29) is 61.5 Å². The first-order valence-corrected chi connectivity index (χ1v) is 25.8. The van der Waals surface area contributed by atoms with Crippen molar-refractivity contribution in [3.8, 4) is 0 Å². The first-order chi connectivity index (χ1) is 34.0. The molecule has 9 atom stereocenters. The standard InChI is InChI=1S/C53H92N10O10/c1-18-33(10)35(12)53(14,20-3)36(13)46(65)61-60-42(30(4)5)48(67)58-39(22-21-27-56-51(55)70)47(66)57-38-25-23-37(24-26-38)29-73-52(71)63(16)44(32(8)9)49(68)59-43(31(6)7)50(69)62(15)45(34(11)19-2)40(72-17)28-41(54)64/h23-26,30-32,34,36,39-40,42-45,60H,18-22,27-29H2,1-17H3,(H2,54,64)(H,57,66)(H,58,67)(H,59,68)(H,61,65)(H3,55,56,70)/b35-33-/t34-,36?,39-,40+,42-,43-,44-,45-,53?/m0/s1. The van der Waals surface area contributed by atoms with Crippen molar-refractivity contribution in [2.45, 2.75) is 178 Å². The molecule has 1 rings (SSSR count). The highest BCUT2D eigenvalue weighted by atomic mass is 16.6. The van der Waals surface area contributed by atoms with Crippen LogP contribution in [0.1, 0.15) is 141 Å². The van der Waals surface area contributed by atoms with E-state index in [4.69, 9.17) is 20.9 Å². The Morgan fingerprint density at radius 1 is 0.753 bits per heavy atom. The minimum Gasteiger partial charge on any atom is -0.445 e. The predicted octanol–water partition coefficient (Wildman–Crippen LogP) is 5.50. The van der Waals surface area contributed by atoms with Gasteiger partial charge in [0.2, 0.25) is 35.4 Å². The van der Waals surface area contributed by atoms with Crippen molar-refractivity contribution in [1.29, 1.82) is 0 Å². The van der Waals surface area contributed by atoms with Crippen LogP contribution in [0.5, 0.6) is 0 Å². The maximum Gasteiger partial charge on any atom is 0.410 e. The Morgan fingerprint density at radius 3 is 1.82 bits per heavy atom. The summed E-state index contributed by atoms with van der Waals surface area (Å²) in [5.74, 6) is -4.36. The van der Waals surface area contributed by atoms with Gasteiger partial charge in [0, 0.05) is 39.4 Å². The third kappa shape index (κ3) is 19.6. The third-order valence-corrected chi connectivity index (χ3v) is 14.5. The summed E-state index contributed by atoms with van der Waals surface area (Å²) in [6.45, 7) is 26.9. The number of likely N-dealkylation sites (N-methyl/N-ethyl adjacent to an activating group) is 2. The van der Waals surface area contributed by atoms with Crippen LogP contribution in [-0.4, -0.2) is 121 Å². The number of ether oxygens (including phenoxy) is 2. The van der Waals surface area contributed by atoms with Crippen LogP contribution in [0.4, 0.5) is 15.3 Å². The van der Waals surface area contributed by atoms with Crippen LogP contribution in [0.25, 0.3) is 0 Å². The summed E-state index contributed by atoms with van der Waals surface area (Å²) in [7, 11) is 4.53. The zero-order chi connectivity index (χ0) is 56.1. The van der Waals surface area contributed by atoms with Gasteiger partial charge in [-0.25, -0.2) is 15.0 Å². The maximum absolute atomic E-state index is 14.1. The van der Waals surface area contributed by atoms with Crippen molar-refractivity contribution in [2.24, 2.45) is 46.5 Å². The van der Waals surface area contributed by atoms with E-state index in [1.807, 2.05) is 41.5 Å². The number of urea groups is 1. The second kappa shape index (κ2) is 31.1.